The third-order valence-corrected chi connectivity index (χ3v) is 11.4. The summed E-state index contributed by atoms with van der Waals surface area (Å²) in [5.41, 5.74) is 2.11. The molecular formula is C29H44BNO. The lowest BCUT2D eigenvalue weighted by Gasteiger charge is -2.66. The Hall–Kier alpha value is -1.09. The predicted octanol–water partition coefficient (Wildman–Crippen LogP) is 7.85. The third kappa shape index (κ3) is 3.36. The molecule has 0 spiro atoms. The first-order valence-electron chi connectivity index (χ1n) is 13.3. The van der Waals surface area contributed by atoms with E-state index in [0.29, 0.717) is 29.4 Å². The van der Waals surface area contributed by atoms with Crippen molar-refractivity contribution in [3.8, 4) is 0 Å². The van der Waals surface area contributed by atoms with Gasteiger partial charge in [0.1, 0.15) is 0 Å². The first-order chi connectivity index (χ1) is 15.2. The zero-order chi connectivity index (χ0) is 22.8. The zero-order valence-electron chi connectivity index (χ0n) is 21.3. The van der Waals surface area contributed by atoms with Gasteiger partial charge in [0, 0.05) is 6.20 Å². The van der Waals surface area contributed by atoms with Gasteiger partial charge in [0.2, 0.25) is 0 Å². The molecule has 0 amide bonds. The maximum Gasteiger partial charge on any atom is 0.300 e. The molecule has 32 heavy (non-hydrogen) atoms. The van der Waals surface area contributed by atoms with Gasteiger partial charge in [-0.15, -0.1) is 6.58 Å². The second kappa shape index (κ2) is 8.00. The maximum absolute atomic E-state index is 7.24. The van der Waals surface area contributed by atoms with Crippen molar-refractivity contribution in [3.05, 3.63) is 42.7 Å². The molecule has 6 aliphatic carbocycles. The molecule has 1 aromatic heterocycles. The Morgan fingerprint density at radius 3 is 1.97 bits per heavy atom. The van der Waals surface area contributed by atoms with Crippen LogP contribution in [0.25, 0.3) is 0 Å². The molecular weight excluding hydrogens is 389 g/mol. The van der Waals surface area contributed by atoms with Crippen molar-refractivity contribution in [1.82, 2.24) is 4.98 Å². The van der Waals surface area contributed by atoms with Gasteiger partial charge >= 0.3 is 6.92 Å². The molecule has 2 nitrogen and oxygen atoms in total. The fraction of sp³-hybridized carbons (Fsp3) is 0.759. The first kappa shape index (κ1) is 22.7. The molecule has 1 aromatic rings. The number of aromatic nitrogens is 1. The Morgan fingerprint density at radius 1 is 1.00 bits per heavy atom. The van der Waals surface area contributed by atoms with Gasteiger partial charge < -0.3 is 4.65 Å². The van der Waals surface area contributed by atoms with Gasteiger partial charge in [-0.05, 0) is 89.4 Å². The molecule has 0 saturated heterocycles. The summed E-state index contributed by atoms with van der Waals surface area (Å²) < 4.78 is 7.24. The van der Waals surface area contributed by atoms with E-state index in [9.17, 15) is 0 Å². The lowest BCUT2D eigenvalue weighted by molar-refractivity contribution is -0.112. The molecule has 1 heterocycles. The summed E-state index contributed by atoms with van der Waals surface area (Å²) in [5.74, 6) is 6.30. The van der Waals surface area contributed by atoms with E-state index in [4.69, 9.17) is 9.64 Å². The van der Waals surface area contributed by atoms with Crippen molar-refractivity contribution in [2.24, 2.45) is 46.3 Å². The number of nitrogens with zero attached hydrogens (tertiary/aromatic N) is 1. The second-order valence-electron chi connectivity index (χ2n) is 13.1. The smallest absolute Gasteiger partial charge is 0.300 e. The second-order valence-corrected chi connectivity index (χ2v) is 13.1. The fourth-order valence-electron chi connectivity index (χ4n) is 8.92. The highest BCUT2D eigenvalue weighted by atomic mass is 16.4. The van der Waals surface area contributed by atoms with Crippen LogP contribution in [0, 0.1) is 46.3 Å². The van der Waals surface area contributed by atoms with Gasteiger partial charge in [0.05, 0.1) is 11.8 Å². The van der Waals surface area contributed by atoms with Crippen LogP contribution in [-0.2, 0) is 4.65 Å². The molecule has 0 aliphatic heterocycles. The van der Waals surface area contributed by atoms with E-state index < -0.39 is 0 Å². The predicted molar refractivity (Wildman–Crippen MR) is 134 cm³/mol. The van der Waals surface area contributed by atoms with Gasteiger partial charge in [-0.1, -0.05) is 66.5 Å². The van der Waals surface area contributed by atoms with E-state index in [1.165, 1.54) is 25.7 Å². The standard InChI is InChI=1S/C29H44BNO/c1-8-11-27(26-12-9-10-13-31-26)32-30(24-16-20-14-22(18(24)2)28(20,4)5)25-17-21-15-23(19(25)3)29(21,6)7/h8-10,12-13,18-25,27H,1,11,14-17H2,2-7H3/t18-,19-,20+,21+,22-,23-,24-,25-,27+/m1/s1. The van der Waals surface area contributed by atoms with Crippen molar-refractivity contribution >= 4 is 6.92 Å². The van der Waals surface area contributed by atoms with Crippen LogP contribution in [0.2, 0.25) is 11.6 Å². The van der Waals surface area contributed by atoms with Crippen molar-refractivity contribution in [2.45, 2.75) is 91.4 Å². The lowest BCUT2D eigenvalue weighted by atomic mass is 9.27. The summed E-state index contributed by atoms with van der Waals surface area (Å²) in [6, 6.07) is 6.24. The number of fused-ring (bicyclic) bond motifs is 4. The first-order valence-corrected chi connectivity index (χ1v) is 13.3. The Bertz CT molecular complexity index is 793. The summed E-state index contributed by atoms with van der Waals surface area (Å²) in [6.45, 7) is 19.6. The van der Waals surface area contributed by atoms with Crippen molar-refractivity contribution < 1.29 is 4.65 Å². The van der Waals surface area contributed by atoms with E-state index in [-0.39, 0.29) is 6.10 Å². The van der Waals surface area contributed by atoms with Crippen LogP contribution in [-0.4, -0.2) is 11.9 Å². The monoisotopic (exact) mass is 433 g/mol. The van der Waals surface area contributed by atoms with Crippen molar-refractivity contribution in [3.63, 3.8) is 0 Å². The highest BCUT2D eigenvalue weighted by molar-refractivity contribution is 6.55. The normalized spacial score (nSPS) is 41.7. The molecule has 0 unspecified atom stereocenters. The maximum atomic E-state index is 7.24. The van der Waals surface area contributed by atoms with E-state index in [0.717, 1.165) is 47.6 Å². The summed E-state index contributed by atoms with van der Waals surface area (Å²) >= 11 is 0. The summed E-state index contributed by atoms with van der Waals surface area (Å²) in [7, 11) is 0. The molecule has 6 aliphatic rings. The van der Waals surface area contributed by atoms with Gasteiger partial charge in [-0.3, -0.25) is 4.98 Å². The fourth-order valence-corrected chi connectivity index (χ4v) is 8.92. The number of pyridine rings is 1. The van der Waals surface area contributed by atoms with Gasteiger partial charge in [0.25, 0.3) is 0 Å². The number of hydrogen-bond acceptors (Lipinski definition) is 2. The van der Waals surface area contributed by atoms with E-state index >= 15 is 0 Å². The van der Waals surface area contributed by atoms with Crippen LogP contribution in [0.3, 0.4) is 0 Å². The average molecular weight is 433 g/mol. The molecule has 0 N–H and O–H groups in total. The molecule has 9 atom stereocenters. The Labute approximate surface area is 197 Å². The van der Waals surface area contributed by atoms with E-state index in [1.54, 1.807) is 0 Å². The van der Waals surface area contributed by atoms with Crippen molar-refractivity contribution in [1.29, 1.82) is 0 Å². The molecule has 6 fully saturated rings. The minimum absolute atomic E-state index is 0.0237. The Balaban J connectivity index is 1.45. The van der Waals surface area contributed by atoms with Crippen LogP contribution in [0.1, 0.15) is 85.4 Å². The minimum Gasteiger partial charge on any atom is -0.427 e. The summed E-state index contributed by atoms with van der Waals surface area (Å²) in [5, 5.41) is 0. The molecule has 6 saturated carbocycles. The number of hydrogen-bond donors (Lipinski definition) is 0. The third-order valence-electron chi connectivity index (χ3n) is 11.4. The zero-order valence-corrected chi connectivity index (χ0v) is 21.3. The van der Waals surface area contributed by atoms with Gasteiger partial charge in [-0.2, -0.15) is 0 Å². The highest BCUT2D eigenvalue weighted by Crippen LogP contribution is 2.69. The molecule has 4 bridgehead atoms. The van der Waals surface area contributed by atoms with E-state index in [1.807, 2.05) is 18.3 Å². The van der Waals surface area contributed by atoms with Gasteiger partial charge in [-0.25, -0.2) is 0 Å². The van der Waals surface area contributed by atoms with Crippen LogP contribution >= 0.6 is 0 Å². The van der Waals surface area contributed by atoms with E-state index in [2.05, 4.69) is 60.3 Å². The summed E-state index contributed by atoms with van der Waals surface area (Å²) in [6.07, 6.45) is 10.4. The number of rotatable bonds is 7. The van der Waals surface area contributed by atoms with Crippen LogP contribution in [0.5, 0.6) is 0 Å². The Kier molecular flexibility index (Phi) is 5.67. The molecule has 0 radical (unpaired) electrons. The van der Waals surface area contributed by atoms with Crippen LogP contribution in [0.15, 0.2) is 37.1 Å². The van der Waals surface area contributed by atoms with Crippen LogP contribution < -0.4 is 0 Å². The topological polar surface area (TPSA) is 22.1 Å². The highest BCUT2D eigenvalue weighted by Gasteiger charge is 2.63. The summed E-state index contributed by atoms with van der Waals surface area (Å²) in [4.78, 5) is 4.70. The lowest BCUT2D eigenvalue weighted by Crippen LogP contribution is -2.60. The molecule has 3 heteroatoms. The minimum atomic E-state index is 0.0237. The quantitative estimate of drug-likeness (QED) is 0.323. The van der Waals surface area contributed by atoms with Crippen LogP contribution in [0.4, 0.5) is 0 Å². The Morgan fingerprint density at radius 2 is 1.56 bits per heavy atom. The molecule has 0 aromatic carbocycles. The molecule has 7 rings (SSSR count). The van der Waals surface area contributed by atoms with Crippen molar-refractivity contribution in [2.75, 3.05) is 0 Å². The molecule has 174 valence electrons. The average Bonchev–Trinajstić information content (AvgIpc) is 2.77. The van der Waals surface area contributed by atoms with Gasteiger partial charge in [0.15, 0.2) is 0 Å². The largest absolute Gasteiger partial charge is 0.427 e. The SMILES string of the molecule is C=CC[C@H](OB([C@@H]1C[C@@H]2C[C@H]([C@H]1C)C2(C)C)[C@@H]1C[C@@H]2C[C@H]([C@H]1C)C2(C)C)c1ccccn1.